The first-order valence-electron chi connectivity index (χ1n) is 8.38. The number of aromatic carboxylic acids is 1. The van der Waals surface area contributed by atoms with Crippen LogP contribution in [-0.2, 0) is 4.79 Å². The van der Waals surface area contributed by atoms with E-state index in [9.17, 15) is 9.59 Å². The fraction of sp³-hybridized carbons (Fsp3) is 0.588. The molecule has 1 aliphatic heterocycles. The van der Waals surface area contributed by atoms with E-state index < -0.39 is 5.97 Å². The van der Waals surface area contributed by atoms with Gasteiger partial charge in [0, 0.05) is 43.2 Å². The zero-order valence-electron chi connectivity index (χ0n) is 14.7. The molecule has 2 rings (SSSR count). The van der Waals surface area contributed by atoms with Crippen molar-refractivity contribution in [2.75, 3.05) is 31.9 Å². The standard InChI is InChI=1S/C17H25N3O3S2/c1-4-19(9-12(2)3)10-13-5-6-15(21)20(13)7-8-24-17-18-14(11-25-17)16(22)23/h11,13H,2,4-10H2,1,3H3,(H,22,23). The maximum Gasteiger partial charge on any atom is 0.355 e. The van der Waals surface area contributed by atoms with E-state index in [1.807, 2.05) is 11.8 Å². The second kappa shape index (κ2) is 9.35. The molecule has 0 aromatic carbocycles. The van der Waals surface area contributed by atoms with Gasteiger partial charge in [0.1, 0.15) is 0 Å². The summed E-state index contributed by atoms with van der Waals surface area (Å²) >= 11 is 2.84. The molecule has 0 spiro atoms. The molecule has 1 aromatic heterocycles. The number of hydrogen-bond acceptors (Lipinski definition) is 6. The van der Waals surface area contributed by atoms with E-state index in [1.54, 1.807) is 5.38 Å². The molecule has 2 heterocycles. The number of likely N-dealkylation sites (N-methyl/N-ethyl adjacent to an activating group) is 1. The number of carbonyl (C=O) groups is 2. The van der Waals surface area contributed by atoms with Gasteiger partial charge in [0.05, 0.1) is 0 Å². The maximum absolute atomic E-state index is 12.2. The van der Waals surface area contributed by atoms with E-state index in [0.717, 1.165) is 41.7 Å². The fourth-order valence-electron chi connectivity index (χ4n) is 2.93. The van der Waals surface area contributed by atoms with E-state index >= 15 is 0 Å². The van der Waals surface area contributed by atoms with E-state index in [1.165, 1.54) is 23.1 Å². The minimum atomic E-state index is -1.00. The van der Waals surface area contributed by atoms with Crippen LogP contribution in [0, 0.1) is 0 Å². The molecular formula is C17H25N3O3S2. The summed E-state index contributed by atoms with van der Waals surface area (Å²) in [5, 5.41) is 10.5. The lowest BCUT2D eigenvalue weighted by Gasteiger charge is -2.30. The third-order valence-corrected chi connectivity index (χ3v) is 6.12. The third kappa shape index (κ3) is 5.83. The van der Waals surface area contributed by atoms with Gasteiger partial charge in [-0.05, 0) is 19.9 Å². The Labute approximate surface area is 156 Å². The molecular weight excluding hydrogens is 358 g/mol. The van der Waals surface area contributed by atoms with Crippen molar-refractivity contribution in [3.63, 3.8) is 0 Å². The van der Waals surface area contributed by atoms with Crippen molar-refractivity contribution in [2.24, 2.45) is 0 Å². The minimum absolute atomic E-state index is 0.0843. The van der Waals surface area contributed by atoms with Gasteiger partial charge in [-0.1, -0.05) is 30.8 Å². The summed E-state index contributed by atoms with van der Waals surface area (Å²) < 4.78 is 0.734. The largest absolute Gasteiger partial charge is 0.476 e. The van der Waals surface area contributed by atoms with Gasteiger partial charge in [-0.3, -0.25) is 9.69 Å². The van der Waals surface area contributed by atoms with Crippen molar-refractivity contribution in [3.05, 3.63) is 23.2 Å². The van der Waals surface area contributed by atoms with Gasteiger partial charge in [-0.15, -0.1) is 11.3 Å². The Balaban J connectivity index is 1.86. The van der Waals surface area contributed by atoms with E-state index in [4.69, 9.17) is 5.11 Å². The van der Waals surface area contributed by atoms with Crippen molar-refractivity contribution < 1.29 is 14.7 Å². The summed E-state index contributed by atoms with van der Waals surface area (Å²) in [7, 11) is 0. The Morgan fingerprint density at radius 1 is 1.60 bits per heavy atom. The molecule has 138 valence electrons. The normalized spacial score (nSPS) is 17.5. The van der Waals surface area contributed by atoms with E-state index in [0.29, 0.717) is 13.0 Å². The first kappa shape index (κ1) is 19.9. The molecule has 1 fully saturated rings. The summed E-state index contributed by atoms with van der Waals surface area (Å²) in [6.07, 6.45) is 1.51. The van der Waals surface area contributed by atoms with Crippen LogP contribution < -0.4 is 0 Å². The molecule has 0 saturated carbocycles. The summed E-state index contributed by atoms with van der Waals surface area (Å²) in [6, 6.07) is 0.248. The second-order valence-corrected chi connectivity index (χ2v) is 8.42. The highest BCUT2D eigenvalue weighted by atomic mass is 32.2. The first-order chi connectivity index (χ1) is 11.9. The van der Waals surface area contributed by atoms with Crippen molar-refractivity contribution in [2.45, 2.75) is 37.1 Å². The summed E-state index contributed by atoms with van der Waals surface area (Å²) in [5.74, 6) is -0.0704. The highest BCUT2D eigenvalue weighted by molar-refractivity contribution is 8.01. The van der Waals surface area contributed by atoms with Crippen LogP contribution in [0.3, 0.4) is 0 Å². The second-order valence-electron chi connectivity index (χ2n) is 6.22. The Hall–Kier alpha value is -1.38. The maximum atomic E-state index is 12.2. The molecule has 1 unspecified atom stereocenters. The molecule has 1 N–H and O–H groups in total. The van der Waals surface area contributed by atoms with Crippen molar-refractivity contribution >= 4 is 35.0 Å². The molecule has 6 nitrogen and oxygen atoms in total. The van der Waals surface area contributed by atoms with Gasteiger partial charge < -0.3 is 10.0 Å². The Bertz CT molecular complexity index is 632. The van der Waals surface area contributed by atoms with Gasteiger partial charge >= 0.3 is 5.97 Å². The number of likely N-dealkylation sites (tertiary alicyclic amines) is 1. The molecule has 1 amide bonds. The van der Waals surface area contributed by atoms with Crippen LogP contribution in [0.5, 0.6) is 0 Å². The third-order valence-electron chi connectivity index (χ3n) is 4.12. The average molecular weight is 384 g/mol. The molecule has 25 heavy (non-hydrogen) atoms. The lowest BCUT2D eigenvalue weighted by atomic mass is 10.2. The Morgan fingerprint density at radius 3 is 2.96 bits per heavy atom. The summed E-state index contributed by atoms with van der Waals surface area (Å²) in [6.45, 7) is 11.5. The van der Waals surface area contributed by atoms with Crippen molar-refractivity contribution in [1.82, 2.24) is 14.8 Å². The number of aromatic nitrogens is 1. The van der Waals surface area contributed by atoms with Crippen molar-refractivity contribution in [1.29, 1.82) is 0 Å². The average Bonchev–Trinajstić information content (AvgIpc) is 3.15. The highest BCUT2D eigenvalue weighted by Gasteiger charge is 2.31. The monoisotopic (exact) mass is 383 g/mol. The number of nitrogens with zero attached hydrogens (tertiary/aromatic N) is 3. The quantitative estimate of drug-likeness (QED) is 0.495. The van der Waals surface area contributed by atoms with Gasteiger partial charge in [0.2, 0.25) is 5.91 Å². The van der Waals surface area contributed by atoms with Crippen LogP contribution in [0.25, 0.3) is 0 Å². The number of rotatable bonds is 10. The Morgan fingerprint density at radius 2 is 2.36 bits per heavy atom. The highest BCUT2D eigenvalue weighted by Crippen LogP contribution is 2.25. The van der Waals surface area contributed by atoms with Crippen LogP contribution in [0.4, 0.5) is 0 Å². The zero-order chi connectivity index (χ0) is 18.4. The lowest BCUT2D eigenvalue weighted by molar-refractivity contribution is -0.128. The smallest absolute Gasteiger partial charge is 0.355 e. The first-order valence-corrected chi connectivity index (χ1v) is 10.2. The van der Waals surface area contributed by atoms with Crippen LogP contribution >= 0.6 is 23.1 Å². The number of thiazole rings is 1. The molecule has 1 atom stereocenters. The fourth-order valence-corrected chi connectivity index (χ4v) is 4.74. The van der Waals surface area contributed by atoms with E-state index in [-0.39, 0.29) is 17.6 Å². The zero-order valence-corrected chi connectivity index (χ0v) is 16.4. The minimum Gasteiger partial charge on any atom is -0.476 e. The topological polar surface area (TPSA) is 73.7 Å². The van der Waals surface area contributed by atoms with Crippen LogP contribution in [-0.4, -0.2) is 69.7 Å². The van der Waals surface area contributed by atoms with Crippen LogP contribution in [0.15, 0.2) is 21.9 Å². The van der Waals surface area contributed by atoms with Crippen molar-refractivity contribution in [3.8, 4) is 0 Å². The van der Waals surface area contributed by atoms with E-state index in [2.05, 4.69) is 23.4 Å². The van der Waals surface area contributed by atoms with Gasteiger partial charge in [0.25, 0.3) is 0 Å². The molecule has 8 heteroatoms. The number of amides is 1. The molecule has 0 aliphatic carbocycles. The molecule has 0 radical (unpaired) electrons. The summed E-state index contributed by atoms with van der Waals surface area (Å²) in [5.41, 5.74) is 1.22. The number of carboxylic acid groups (broad SMARTS) is 1. The number of hydrogen-bond donors (Lipinski definition) is 1. The molecule has 0 bridgehead atoms. The van der Waals surface area contributed by atoms with Gasteiger partial charge in [-0.2, -0.15) is 0 Å². The molecule has 1 saturated heterocycles. The predicted molar refractivity (Wildman–Crippen MR) is 101 cm³/mol. The van der Waals surface area contributed by atoms with Crippen LogP contribution in [0.2, 0.25) is 0 Å². The lowest BCUT2D eigenvalue weighted by Crippen LogP contribution is -2.43. The summed E-state index contributed by atoms with van der Waals surface area (Å²) in [4.78, 5) is 31.4. The molecule has 1 aliphatic rings. The Kier molecular flexibility index (Phi) is 7.46. The number of carboxylic acids is 1. The molecule has 1 aromatic rings. The SMILES string of the molecule is C=C(C)CN(CC)CC1CCC(=O)N1CCSc1nc(C(=O)O)cs1. The van der Waals surface area contributed by atoms with Crippen LogP contribution in [0.1, 0.15) is 37.2 Å². The number of thioether (sulfide) groups is 1. The number of carbonyl (C=O) groups excluding carboxylic acids is 1. The van der Waals surface area contributed by atoms with Gasteiger partial charge in [-0.25, -0.2) is 9.78 Å². The predicted octanol–water partition coefficient (Wildman–Crippen LogP) is 2.82. The van der Waals surface area contributed by atoms with Gasteiger partial charge in [0.15, 0.2) is 10.0 Å².